The number of nitrogens with one attached hydrogen (secondary N) is 3. The Kier molecular flexibility index (Phi) is 5.54. The van der Waals surface area contributed by atoms with Crippen molar-refractivity contribution in [3.8, 4) is 0 Å². The summed E-state index contributed by atoms with van der Waals surface area (Å²) in [5, 5.41) is 8.36. The maximum atomic E-state index is 12.3. The Morgan fingerprint density at radius 1 is 1.30 bits per heavy atom. The van der Waals surface area contributed by atoms with Gasteiger partial charge in [-0.25, -0.2) is 4.79 Å². The number of hydrogen-bond donors (Lipinski definition) is 3. The Hall–Kier alpha value is -3.16. The van der Waals surface area contributed by atoms with Gasteiger partial charge in [-0.15, -0.1) is 0 Å². The first-order valence-corrected chi connectivity index (χ1v) is 8.98. The van der Waals surface area contributed by atoms with Crippen LogP contribution in [0.2, 0.25) is 0 Å². The highest BCUT2D eigenvalue weighted by molar-refractivity contribution is 6.14. The molecule has 2 heterocycles. The van der Waals surface area contributed by atoms with Crippen molar-refractivity contribution in [1.29, 1.82) is 0 Å². The molecule has 0 aromatic heterocycles. The minimum absolute atomic E-state index is 0.195. The maximum absolute atomic E-state index is 12.3. The molecule has 0 aliphatic carbocycles. The summed E-state index contributed by atoms with van der Waals surface area (Å²) in [5.41, 5.74) is 1.43. The van der Waals surface area contributed by atoms with Gasteiger partial charge in [-0.05, 0) is 36.1 Å². The Morgan fingerprint density at radius 3 is 2.67 bits per heavy atom. The average molecular weight is 369 g/mol. The molecule has 0 spiro atoms. The number of nitrogens with zero attached hydrogens (tertiary/aromatic N) is 2. The molecule has 0 bridgehead atoms. The Labute approximate surface area is 157 Å². The largest absolute Gasteiger partial charge is 0.356 e. The van der Waals surface area contributed by atoms with Crippen molar-refractivity contribution in [3.63, 3.8) is 0 Å². The molecule has 142 valence electrons. The van der Waals surface area contributed by atoms with Gasteiger partial charge in [-0.3, -0.25) is 24.8 Å². The highest BCUT2D eigenvalue weighted by atomic mass is 16.2. The molecule has 0 atom stereocenters. The second-order valence-corrected chi connectivity index (χ2v) is 6.88. The summed E-state index contributed by atoms with van der Waals surface area (Å²) in [4.78, 5) is 41.9. The molecule has 0 unspecified atom stereocenters. The number of guanidine groups is 1. The van der Waals surface area contributed by atoms with Gasteiger partial charge in [0, 0.05) is 25.2 Å². The maximum Gasteiger partial charge on any atom is 0.329 e. The van der Waals surface area contributed by atoms with Gasteiger partial charge in [0.15, 0.2) is 5.96 Å². The molecular weight excluding hydrogens is 346 g/mol. The molecule has 1 aromatic carbocycles. The first-order valence-electron chi connectivity index (χ1n) is 8.98. The van der Waals surface area contributed by atoms with Gasteiger partial charge in [0.25, 0.3) is 11.8 Å². The van der Waals surface area contributed by atoms with E-state index in [0.29, 0.717) is 24.6 Å². The van der Waals surface area contributed by atoms with Gasteiger partial charge in [-0.2, -0.15) is 0 Å². The van der Waals surface area contributed by atoms with E-state index in [9.17, 15) is 14.4 Å². The first-order chi connectivity index (χ1) is 12.9. The van der Waals surface area contributed by atoms with Crippen LogP contribution in [-0.4, -0.2) is 48.3 Å². The number of carbonyl (C=O) groups excluding carboxylic acids is 3. The monoisotopic (exact) mass is 369 g/mol. The number of hydrogen-bond acceptors (Lipinski definition) is 5. The number of aliphatic imine (C=N–C) groups is 1. The Bertz CT molecular complexity index is 811. The minimum atomic E-state index is -0.406. The lowest BCUT2D eigenvalue weighted by molar-refractivity contribution is -0.123. The fourth-order valence-corrected chi connectivity index (χ4v) is 2.80. The predicted octanol–water partition coefficient (Wildman–Crippen LogP) is 1.31. The topological polar surface area (TPSA) is 103 Å². The number of imide groups is 1. The molecule has 8 nitrogen and oxygen atoms in total. The van der Waals surface area contributed by atoms with Gasteiger partial charge in [0.2, 0.25) is 0 Å². The van der Waals surface area contributed by atoms with Gasteiger partial charge < -0.3 is 10.6 Å². The molecule has 3 N–H and O–H groups in total. The van der Waals surface area contributed by atoms with Crippen molar-refractivity contribution >= 4 is 29.9 Å². The molecule has 0 saturated carbocycles. The lowest BCUT2D eigenvalue weighted by atomic mass is 10.1. The number of carbonyl (C=O) groups is 3. The van der Waals surface area contributed by atoms with E-state index in [1.807, 2.05) is 13.8 Å². The number of benzene rings is 1. The number of amides is 4. The summed E-state index contributed by atoms with van der Waals surface area (Å²) in [6.07, 6.45) is 2.56. The zero-order valence-corrected chi connectivity index (χ0v) is 15.4. The molecule has 3 rings (SSSR count). The van der Waals surface area contributed by atoms with Crippen molar-refractivity contribution in [2.24, 2.45) is 10.9 Å². The number of rotatable bonds is 4. The third-order valence-corrected chi connectivity index (χ3v) is 4.12. The van der Waals surface area contributed by atoms with Crippen molar-refractivity contribution in [1.82, 2.24) is 20.9 Å². The molecule has 0 radical (unpaired) electrons. The summed E-state index contributed by atoms with van der Waals surface area (Å²) in [5.74, 6) is 0.0923. The summed E-state index contributed by atoms with van der Waals surface area (Å²) in [6.45, 7) is 5.75. The lowest BCUT2D eigenvalue weighted by Gasteiger charge is -2.15. The normalized spacial score (nSPS) is 18.4. The second-order valence-electron chi connectivity index (χ2n) is 6.88. The summed E-state index contributed by atoms with van der Waals surface area (Å²) < 4.78 is 0. The van der Waals surface area contributed by atoms with Crippen molar-refractivity contribution in [3.05, 3.63) is 41.1 Å². The molecule has 2 aliphatic rings. The van der Waals surface area contributed by atoms with E-state index in [-0.39, 0.29) is 23.4 Å². The summed E-state index contributed by atoms with van der Waals surface area (Å²) in [6, 6.07) is 6.37. The Balaban J connectivity index is 1.67. The van der Waals surface area contributed by atoms with Gasteiger partial charge in [0.1, 0.15) is 5.70 Å². The van der Waals surface area contributed by atoms with Crippen LogP contribution in [0.1, 0.15) is 36.2 Å². The van der Waals surface area contributed by atoms with E-state index in [0.717, 1.165) is 18.5 Å². The molecule has 4 amide bonds. The van der Waals surface area contributed by atoms with E-state index < -0.39 is 6.03 Å². The van der Waals surface area contributed by atoms with Crippen LogP contribution < -0.4 is 16.0 Å². The highest BCUT2D eigenvalue weighted by Gasteiger charge is 2.33. The third-order valence-electron chi connectivity index (χ3n) is 4.12. The molecule has 27 heavy (non-hydrogen) atoms. The number of urea groups is 1. The average Bonchev–Trinajstić information content (AvgIpc) is 2.90. The molecule has 1 fully saturated rings. The standard InChI is InChI=1S/C19H23N5O3/c1-12(2)11-24-17(26)15(22-19(24)27)10-13-4-6-14(7-5-13)16(25)23-18-20-8-3-9-21-18/h4-7,10,12H,3,8-9,11H2,1-2H3,(H,22,27)(H2,20,21,23,25)/b15-10-. The van der Waals surface area contributed by atoms with E-state index >= 15 is 0 Å². The van der Waals surface area contributed by atoms with Crippen molar-refractivity contribution in [2.45, 2.75) is 20.3 Å². The molecule has 2 aliphatic heterocycles. The van der Waals surface area contributed by atoms with Gasteiger partial charge in [0.05, 0.1) is 0 Å². The third kappa shape index (κ3) is 4.52. The zero-order valence-electron chi connectivity index (χ0n) is 15.4. The fraction of sp³-hybridized carbons (Fsp3) is 0.368. The van der Waals surface area contributed by atoms with Crippen LogP contribution in [0.5, 0.6) is 0 Å². The minimum Gasteiger partial charge on any atom is -0.356 e. The fourth-order valence-electron chi connectivity index (χ4n) is 2.80. The van der Waals surface area contributed by atoms with E-state index in [2.05, 4.69) is 20.9 Å². The zero-order chi connectivity index (χ0) is 19.4. The SMILES string of the molecule is CC(C)CN1C(=O)N/C(=C\c2ccc(C(=O)NC3=NCCCN3)cc2)C1=O. The van der Waals surface area contributed by atoms with Crippen LogP contribution >= 0.6 is 0 Å². The predicted molar refractivity (Wildman–Crippen MR) is 102 cm³/mol. The highest BCUT2D eigenvalue weighted by Crippen LogP contribution is 2.16. The first kappa shape index (κ1) is 18.6. The van der Waals surface area contributed by atoms with Crippen LogP contribution in [0.25, 0.3) is 6.08 Å². The van der Waals surface area contributed by atoms with E-state index in [4.69, 9.17) is 0 Å². The molecule has 1 saturated heterocycles. The van der Waals surface area contributed by atoms with Gasteiger partial charge >= 0.3 is 6.03 Å². The van der Waals surface area contributed by atoms with Crippen molar-refractivity contribution in [2.75, 3.05) is 19.6 Å². The van der Waals surface area contributed by atoms with Crippen LogP contribution in [-0.2, 0) is 4.79 Å². The molecular formula is C19H23N5O3. The van der Waals surface area contributed by atoms with Crippen molar-refractivity contribution < 1.29 is 14.4 Å². The van der Waals surface area contributed by atoms with E-state index in [1.165, 1.54) is 4.90 Å². The smallest absolute Gasteiger partial charge is 0.329 e. The molecule has 8 heteroatoms. The summed E-state index contributed by atoms with van der Waals surface area (Å²) >= 11 is 0. The quantitative estimate of drug-likeness (QED) is 0.550. The van der Waals surface area contributed by atoms with Gasteiger partial charge in [-0.1, -0.05) is 26.0 Å². The van der Waals surface area contributed by atoms with Crippen LogP contribution in [0.15, 0.2) is 35.0 Å². The Morgan fingerprint density at radius 2 is 2.04 bits per heavy atom. The van der Waals surface area contributed by atoms with E-state index in [1.54, 1.807) is 30.3 Å². The molecule has 1 aromatic rings. The van der Waals surface area contributed by atoms with Crippen LogP contribution in [0.4, 0.5) is 4.79 Å². The van der Waals surface area contributed by atoms with Crippen LogP contribution in [0, 0.1) is 5.92 Å². The second kappa shape index (κ2) is 8.03. The van der Waals surface area contributed by atoms with Crippen LogP contribution in [0.3, 0.4) is 0 Å². The lowest BCUT2D eigenvalue weighted by Crippen LogP contribution is -2.43. The summed E-state index contributed by atoms with van der Waals surface area (Å²) in [7, 11) is 0.